The minimum atomic E-state index is -0.974. The van der Waals surface area contributed by atoms with Crippen LogP contribution in [0.25, 0.3) is 0 Å². The highest BCUT2D eigenvalue weighted by atomic mass is 16.6. The number of carbonyl (C=O) groups is 2. The number of ketones is 1. The van der Waals surface area contributed by atoms with E-state index in [0.29, 0.717) is 24.0 Å². The average Bonchev–Trinajstić information content (AvgIpc) is 3.09. The number of epoxide rings is 1. The van der Waals surface area contributed by atoms with Gasteiger partial charge in [0.05, 0.1) is 5.60 Å². The lowest BCUT2D eigenvalue weighted by atomic mass is 9.82. The van der Waals surface area contributed by atoms with Crippen molar-refractivity contribution in [3.8, 4) is 0 Å². The Bertz CT molecular complexity index is 530. The minimum absolute atomic E-state index is 0.196. The summed E-state index contributed by atoms with van der Waals surface area (Å²) in [6.45, 7) is 7.13. The second-order valence-corrected chi connectivity index (χ2v) is 6.09. The first-order valence-electron chi connectivity index (χ1n) is 6.81. The van der Waals surface area contributed by atoms with Gasteiger partial charge in [0.2, 0.25) is 0 Å². The summed E-state index contributed by atoms with van der Waals surface area (Å²) in [6, 6.07) is 0. The number of carbonyl (C=O) groups excluding carboxylic acids is 2. The third kappa shape index (κ3) is 2.01. The molecule has 108 valence electrons. The van der Waals surface area contributed by atoms with Crippen LogP contribution in [0.15, 0.2) is 23.8 Å². The Morgan fingerprint density at radius 2 is 2.15 bits per heavy atom. The number of ether oxygens (including phenoxy) is 2. The molecule has 0 radical (unpaired) electrons. The van der Waals surface area contributed by atoms with Gasteiger partial charge >= 0.3 is 5.97 Å². The lowest BCUT2D eigenvalue weighted by Crippen LogP contribution is -2.36. The molecule has 5 heteroatoms. The van der Waals surface area contributed by atoms with Gasteiger partial charge in [-0.3, -0.25) is 4.79 Å². The van der Waals surface area contributed by atoms with Crippen molar-refractivity contribution in [3.05, 3.63) is 23.8 Å². The van der Waals surface area contributed by atoms with Crippen molar-refractivity contribution in [1.82, 2.24) is 0 Å². The molecular formula is C15H18O5. The molecule has 0 aromatic rings. The monoisotopic (exact) mass is 278 g/mol. The molecule has 3 rings (SSSR count). The SMILES string of the molecule is C=C1C(=O)O[C@@H]2C(=O)/C(C)=C\[C@@H]3O[C@H]3[C@@](C)(O)CC[C@@H]12. The lowest BCUT2D eigenvalue weighted by Gasteiger charge is -2.25. The molecule has 3 aliphatic rings. The molecule has 2 heterocycles. The molecule has 1 N–H and O–H groups in total. The summed E-state index contributed by atoms with van der Waals surface area (Å²) in [7, 11) is 0. The van der Waals surface area contributed by atoms with E-state index < -0.39 is 17.7 Å². The number of esters is 1. The van der Waals surface area contributed by atoms with Crippen molar-refractivity contribution < 1.29 is 24.2 Å². The first kappa shape index (κ1) is 13.5. The van der Waals surface area contributed by atoms with E-state index >= 15 is 0 Å². The molecule has 0 amide bonds. The van der Waals surface area contributed by atoms with Crippen molar-refractivity contribution in [2.24, 2.45) is 5.92 Å². The van der Waals surface area contributed by atoms with Gasteiger partial charge in [-0.05, 0) is 38.3 Å². The first-order valence-corrected chi connectivity index (χ1v) is 6.81. The van der Waals surface area contributed by atoms with Crippen LogP contribution in [0, 0.1) is 5.92 Å². The fourth-order valence-corrected chi connectivity index (χ4v) is 3.06. The van der Waals surface area contributed by atoms with Gasteiger partial charge in [0.25, 0.3) is 0 Å². The predicted octanol–water partition coefficient (Wildman–Crippen LogP) is 0.912. The molecule has 0 aromatic carbocycles. The third-order valence-corrected chi connectivity index (χ3v) is 4.47. The summed E-state index contributed by atoms with van der Waals surface area (Å²) in [5.74, 6) is -1.07. The van der Waals surface area contributed by atoms with E-state index in [4.69, 9.17) is 9.47 Å². The van der Waals surface area contributed by atoms with Crippen LogP contribution >= 0.6 is 0 Å². The second-order valence-electron chi connectivity index (χ2n) is 6.09. The molecule has 5 atom stereocenters. The van der Waals surface area contributed by atoms with Crippen molar-refractivity contribution in [2.45, 2.75) is 50.6 Å². The zero-order valence-corrected chi connectivity index (χ0v) is 11.6. The molecule has 2 fully saturated rings. The van der Waals surface area contributed by atoms with Gasteiger partial charge in [-0.2, -0.15) is 0 Å². The smallest absolute Gasteiger partial charge is 0.334 e. The predicted molar refractivity (Wildman–Crippen MR) is 69.8 cm³/mol. The van der Waals surface area contributed by atoms with Gasteiger partial charge in [0.1, 0.15) is 12.2 Å². The maximum absolute atomic E-state index is 12.4. The van der Waals surface area contributed by atoms with E-state index in [1.807, 2.05) is 0 Å². The second kappa shape index (κ2) is 4.27. The fraction of sp³-hybridized carbons (Fsp3) is 0.600. The van der Waals surface area contributed by atoms with E-state index in [-0.39, 0.29) is 23.9 Å². The van der Waals surface area contributed by atoms with Crippen LogP contribution in [-0.4, -0.2) is 40.8 Å². The van der Waals surface area contributed by atoms with E-state index in [1.54, 1.807) is 19.9 Å². The summed E-state index contributed by atoms with van der Waals surface area (Å²) in [5, 5.41) is 10.4. The van der Waals surface area contributed by atoms with Crippen LogP contribution in [0.4, 0.5) is 0 Å². The van der Waals surface area contributed by atoms with Crippen molar-refractivity contribution in [3.63, 3.8) is 0 Å². The summed E-state index contributed by atoms with van der Waals surface area (Å²) in [5.41, 5.74) is -0.147. The fourth-order valence-electron chi connectivity index (χ4n) is 3.06. The molecule has 0 saturated carbocycles. The van der Waals surface area contributed by atoms with Crippen LogP contribution in [0.5, 0.6) is 0 Å². The molecule has 0 spiro atoms. The summed E-state index contributed by atoms with van der Waals surface area (Å²) < 4.78 is 10.6. The van der Waals surface area contributed by atoms with Gasteiger partial charge < -0.3 is 14.6 Å². The van der Waals surface area contributed by atoms with Gasteiger partial charge in [-0.25, -0.2) is 4.79 Å². The van der Waals surface area contributed by atoms with Gasteiger partial charge in [-0.15, -0.1) is 0 Å². The third-order valence-electron chi connectivity index (χ3n) is 4.47. The summed E-state index contributed by atoms with van der Waals surface area (Å²) in [6.07, 6.45) is 1.30. The molecule has 20 heavy (non-hydrogen) atoms. The number of aliphatic hydroxyl groups is 1. The number of hydrogen-bond acceptors (Lipinski definition) is 5. The van der Waals surface area contributed by atoms with E-state index in [2.05, 4.69) is 6.58 Å². The van der Waals surface area contributed by atoms with Crippen LogP contribution in [0.2, 0.25) is 0 Å². The maximum Gasteiger partial charge on any atom is 0.334 e. The van der Waals surface area contributed by atoms with Crippen LogP contribution < -0.4 is 0 Å². The molecule has 2 aliphatic heterocycles. The normalized spacial score (nSPS) is 47.0. The Morgan fingerprint density at radius 1 is 1.45 bits per heavy atom. The topological polar surface area (TPSA) is 76.1 Å². The Balaban J connectivity index is 1.95. The van der Waals surface area contributed by atoms with E-state index in [1.165, 1.54) is 0 Å². The Morgan fingerprint density at radius 3 is 2.85 bits per heavy atom. The molecule has 5 nitrogen and oxygen atoms in total. The van der Waals surface area contributed by atoms with Gasteiger partial charge in [0, 0.05) is 11.5 Å². The highest BCUT2D eigenvalue weighted by Gasteiger charge is 2.53. The highest BCUT2D eigenvalue weighted by Crippen LogP contribution is 2.41. The Kier molecular flexibility index (Phi) is 2.88. The van der Waals surface area contributed by atoms with Crippen molar-refractivity contribution >= 4 is 11.8 Å². The zero-order chi connectivity index (χ0) is 14.7. The molecule has 2 saturated heterocycles. The number of hydrogen-bond donors (Lipinski definition) is 1. The molecular weight excluding hydrogens is 260 g/mol. The number of fused-ring (bicyclic) bond motifs is 2. The van der Waals surface area contributed by atoms with Crippen LogP contribution in [-0.2, 0) is 19.1 Å². The quantitative estimate of drug-likeness (QED) is 0.405. The summed E-state index contributed by atoms with van der Waals surface area (Å²) >= 11 is 0. The number of rotatable bonds is 0. The van der Waals surface area contributed by atoms with E-state index in [0.717, 1.165) is 0 Å². The number of Topliss-reactive ketones (excluding diaryl/α,β-unsaturated/α-hetero) is 1. The lowest BCUT2D eigenvalue weighted by molar-refractivity contribution is -0.145. The largest absolute Gasteiger partial charge is 0.450 e. The molecule has 0 bridgehead atoms. The van der Waals surface area contributed by atoms with Gasteiger partial charge in [-0.1, -0.05) is 6.58 Å². The summed E-state index contributed by atoms with van der Waals surface area (Å²) in [4.78, 5) is 24.0. The molecule has 1 aliphatic carbocycles. The Labute approximate surface area is 117 Å². The molecule has 0 unspecified atom stereocenters. The average molecular weight is 278 g/mol. The Hall–Kier alpha value is -1.46. The maximum atomic E-state index is 12.4. The zero-order valence-electron chi connectivity index (χ0n) is 11.6. The first-order chi connectivity index (χ1) is 9.31. The van der Waals surface area contributed by atoms with Crippen molar-refractivity contribution in [2.75, 3.05) is 0 Å². The minimum Gasteiger partial charge on any atom is -0.450 e. The standard InChI is InChI=1S/C15H18O5/c1-7-6-10-13(19-10)15(3,18)5-4-9-8(2)14(17)20-12(9)11(7)16/h6,9-10,12-13,18H,2,4-5H2,1,3H3/b7-6-/t9-,10-,12-,13+,15-/m0/s1. The van der Waals surface area contributed by atoms with Crippen molar-refractivity contribution in [1.29, 1.82) is 0 Å². The highest BCUT2D eigenvalue weighted by molar-refractivity contribution is 6.04. The van der Waals surface area contributed by atoms with Gasteiger partial charge in [0.15, 0.2) is 11.9 Å². The van der Waals surface area contributed by atoms with Crippen LogP contribution in [0.3, 0.4) is 0 Å². The molecule has 0 aromatic heterocycles. The van der Waals surface area contributed by atoms with Crippen LogP contribution in [0.1, 0.15) is 26.7 Å². The van der Waals surface area contributed by atoms with E-state index in [9.17, 15) is 14.7 Å².